The maximum absolute atomic E-state index is 14.5. The summed E-state index contributed by atoms with van der Waals surface area (Å²) in [4.78, 5) is 35.4. The van der Waals surface area contributed by atoms with Crippen molar-refractivity contribution in [1.29, 1.82) is 0 Å². The molecule has 2 aromatic carbocycles. The molecule has 1 saturated heterocycles. The van der Waals surface area contributed by atoms with Gasteiger partial charge in [0.25, 0.3) is 11.5 Å². The van der Waals surface area contributed by atoms with E-state index in [1.54, 1.807) is 28.1 Å². The van der Waals surface area contributed by atoms with Crippen LogP contribution in [0.2, 0.25) is 5.02 Å². The van der Waals surface area contributed by atoms with Crippen molar-refractivity contribution < 1.29 is 18.0 Å². The van der Waals surface area contributed by atoms with Gasteiger partial charge in [-0.1, -0.05) is 50.6 Å². The SMILES string of the molecule is CCc1ccc(Cl)cc1-n1c(CC(C)C)c(C(=O)N2CCCCNCC2)cc(-c2nc(-c3ccc(C(F)(F)F)cc3)cs2)c1=O. The number of thiazole rings is 1. The van der Waals surface area contributed by atoms with Gasteiger partial charge in [-0.3, -0.25) is 14.2 Å². The van der Waals surface area contributed by atoms with E-state index in [0.29, 0.717) is 70.7 Å². The Labute approximate surface area is 269 Å². The number of rotatable bonds is 7. The maximum Gasteiger partial charge on any atom is 0.416 e. The average molecular weight is 657 g/mol. The number of aryl methyl sites for hydroxylation is 1. The second-order valence-electron chi connectivity index (χ2n) is 11.6. The van der Waals surface area contributed by atoms with Gasteiger partial charge in [-0.25, -0.2) is 4.98 Å². The molecule has 2 aromatic heterocycles. The first-order valence-corrected chi connectivity index (χ1v) is 16.4. The van der Waals surface area contributed by atoms with Gasteiger partial charge >= 0.3 is 6.18 Å². The molecule has 0 spiro atoms. The van der Waals surface area contributed by atoms with E-state index in [2.05, 4.69) is 5.32 Å². The van der Waals surface area contributed by atoms with E-state index >= 15 is 0 Å². The molecule has 1 amide bonds. The highest BCUT2D eigenvalue weighted by Gasteiger charge is 2.30. The van der Waals surface area contributed by atoms with Crippen molar-refractivity contribution in [3.8, 4) is 27.5 Å². The van der Waals surface area contributed by atoms with Crippen LogP contribution in [0.3, 0.4) is 0 Å². The minimum Gasteiger partial charge on any atom is -0.337 e. The Morgan fingerprint density at radius 1 is 1.07 bits per heavy atom. The monoisotopic (exact) mass is 656 g/mol. The number of carbonyl (C=O) groups excluding carboxylic acids is 1. The van der Waals surface area contributed by atoms with Crippen LogP contribution in [0.4, 0.5) is 13.2 Å². The molecule has 1 aliphatic rings. The van der Waals surface area contributed by atoms with Gasteiger partial charge in [0.2, 0.25) is 0 Å². The van der Waals surface area contributed by atoms with E-state index in [9.17, 15) is 22.8 Å². The predicted octanol–water partition coefficient (Wildman–Crippen LogP) is 7.89. The topological polar surface area (TPSA) is 67.2 Å². The summed E-state index contributed by atoms with van der Waals surface area (Å²) in [6.07, 6.45) is -1.50. The first kappa shape index (κ1) is 32.9. The van der Waals surface area contributed by atoms with Crippen LogP contribution in [0.5, 0.6) is 0 Å². The minimum atomic E-state index is -4.45. The summed E-state index contributed by atoms with van der Waals surface area (Å²) in [6, 6.07) is 11.9. The number of carbonyl (C=O) groups is 1. The van der Waals surface area contributed by atoms with Crippen LogP contribution in [0.1, 0.15) is 60.8 Å². The fourth-order valence-corrected chi connectivity index (χ4v) is 6.62. The number of hydrogen-bond donors (Lipinski definition) is 1. The normalized spacial score (nSPS) is 14.4. The first-order valence-electron chi connectivity index (χ1n) is 15.2. The number of aromatic nitrogens is 2. The van der Waals surface area contributed by atoms with Crippen LogP contribution >= 0.6 is 22.9 Å². The summed E-state index contributed by atoms with van der Waals surface area (Å²) in [5, 5.41) is 5.93. The fourth-order valence-electron chi connectivity index (χ4n) is 5.62. The molecule has 6 nitrogen and oxygen atoms in total. The quantitative estimate of drug-likeness (QED) is 0.220. The zero-order chi connectivity index (χ0) is 32.3. The van der Waals surface area contributed by atoms with Crippen molar-refractivity contribution in [2.45, 2.75) is 52.6 Å². The van der Waals surface area contributed by atoms with E-state index < -0.39 is 11.7 Å². The van der Waals surface area contributed by atoms with Gasteiger partial charge in [-0.2, -0.15) is 13.2 Å². The van der Waals surface area contributed by atoms with Crippen molar-refractivity contribution in [1.82, 2.24) is 19.8 Å². The Balaban J connectivity index is 1.72. The molecule has 0 saturated carbocycles. The summed E-state index contributed by atoms with van der Waals surface area (Å²) in [7, 11) is 0. The Morgan fingerprint density at radius 3 is 2.51 bits per heavy atom. The van der Waals surface area contributed by atoms with Crippen LogP contribution < -0.4 is 10.9 Å². The first-order chi connectivity index (χ1) is 21.5. The molecule has 1 aliphatic heterocycles. The lowest BCUT2D eigenvalue weighted by Crippen LogP contribution is -2.41. The highest BCUT2D eigenvalue weighted by Crippen LogP contribution is 2.34. The number of nitrogens with zero attached hydrogens (tertiary/aromatic N) is 3. The summed E-state index contributed by atoms with van der Waals surface area (Å²) >= 11 is 7.69. The number of pyridine rings is 1. The average Bonchev–Trinajstić information content (AvgIpc) is 3.46. The molecule has 4 aromatic rings. The third kappa shape index (κ3) is 7.34. The van der Waals surface area contributed by atoms with Crippen molar-refractivity contribution in [2.75, 3.05) is 26.2 Å². The molecule has 5 rings (SSSR count). The lowest BCUT2D eigenvalue weighted by molar-refractivity contribution is -0.137. The molecule has 11 heteroatoms. The molecule has 1 fully saturated rings. The van der Waals surface area contributed by atoms with Crippen LogP contribution in [0, 0.1) is 5.92 Å². The highest BCUT2D eigenvalue weighted by atomic mass is 35.5. The molecule has 1 N–H and O–H groups in total. The van der Waals surface area contributed by atoms with Gasteiger partial charge in [0.05, 0.1) is 28.1 Å². The number of nitrogens with one attached hydrogen (secondary N) is 1. The van der Waals surface area contributed by atoms with Gasteiger partial charge in [-0.15, -0.1) is 11.3 Å². The molecule has 0 aliphatic carbocycles. The summed E-state index contributed by atoms with van der Waals surface area (Å²) in [5.41, 5.74) is 2.69. The number of halogens is 4. The predicted molar refractivity (Wildman–Crippen MR) is 175 cm³/mol. The fraction of sp³-hybridized carbons (Fsp3) is 0.382. The van der Waals surface area contributed by atoms with E-state index in [0.717, 1.165) is 37.1 Å². The zero-order valence-electron chi connectivity index (χ0n) is 25.5. The lowest BCUT2D eigenvalue weighted by atomic mass is 9.98. The van der Waals surface area contributed by atoms with Crippen molar-refractivity contribution in [3.63, 3.8) is 0 Å². The molecule has 238 valence electrons. The molecule has 0 unspecified atom stereocenters. The summed E-state index contributed by atoms with van der Waals surface area (Å²) in [6.45, 7) is 8.84. The molecule has 45 heavy (non-hydrogen) atoms. The lowest BCUT2D eigenvalue weighted by Gasteiger charge is -2.28. The molecule has 3 heterocycles. The molecular weight excluding hydrogens is 621 g/mol. The second-order valence-corrected chi connectivity index (χ2v) is 12.9. The third-order valence-corrected chi connectivity index (χ3v) is 9.03. The van der Waals surface area contributed by atoms with E-state index in [4.69, 9.17) is 16.6 Å². The van der Waals surface area contributed by atoms with Gasteiger partial charge in [0, 0.05) is 41.3 Å². The van der Waals surface area contributed by atoms with Crippen LogP contribution in [-0.2, 0) is 19.0 Å². The Kier molecular flexibility index (Phi) is 10.2. The standard InChI is InChI=1S/C34H36ClF3N4O2S/c1-4-22-9-12-25(35)18-29(22)42-30(17-21(2)3)26(32(43)41-15-6-5-13-39-14-16-41)19-27(33(42)44)31-40-28(20-45-31)23-7-10-24(11-8-23)34(36,37)38/h7-12,18-21,39H,4-6,13-17H2,1-3H3. The van der Waals surface area contributed by atoms with E-state index in [1.165, 1.54) is 23.5 Å². The largest absolute Gasteiger partial charge is 0.416 e. The molecular formula is C34H36ClF3N4O2S. The Morgan fingerprint density at radius 2 is 1.82 bits per heavy atom. The van der Waals surface area contributed by atoms with Crippen molar-refractivity contribution >= 4 is 28.8 Å². The number of benzene rings is 2. The summed E-state index contributed by atoms with van der Waals surface area (Å²) in [5.74, 6) is -0.0126. The third-order valence-electron chi connectivity index (χ3n) is 7.92. The van der Waals surface area contributed by atoms with Crippen LogP contribution in [0.25, 0.3) is 27.5 Å². The van der Waals surface area contributed by atoms with Crippen LogP contribution in [-0.4, -0.2) is 46.5 Å². The number of hydrogen-bond acceptors (Lipinski definition) is 5. The van der Waals surface area contributed by atoms with Gasteiger partial charge in [0.15, 0.2) is 0 Å². The number of alkyl halides is 3. The Hall–Kier alpha value is -3.47. The molecule has 0 bridgehead atoms. The highest BCUT2D eigenvalue weighted by molar-refractivity contribution is 7.13. The molecule has 0 atom stereocenters. The van der Waals surface area contributed by atoms with Gasteiger partial charge in [-0.05, 0) is 74.0 Å². The van der Waals surface area contributed by atoms with Gasteiger partial charge in [0.1, 0.15) is 5.01 Å². The van der Waals surface area contributed by atoms with E-state index in [1.807, 2.05) is 31.7 Å². The number of amides is 1. The van der Waals surface area contributed by atoms with Crippen LogP contribution in [0.15, 0.2) is 58.7 Å². The molecule has 0 radical (unpaired) electrons. The second kappa shape index (κ2) is 13.9. The van der Waals surface area contributed by atoms with E-state index in [-0.39, 0.29) is 22.9 Å². The Bertz CT molecular complexity index is 1720. The zero-order valence-corrected chi connectivity index (χ0v) is 27.1. The summed E-state index contributed by atoms with van der Waals surface area (Å²) < 4.78 is 41.1. The van der Waals surface area contributed by atoms with Crippen molar-refractivity contribution in [3.05, 3.63) is 91.7 Å². The maximum atomic E-state index is 14.5. The minimum absolute atomic E-state index is 0.137. The van der Waals surface area contributed by atoms with Gasteiger partial charge < -0.3 is 10.2 Å². The van der Waals surface area contributed by atoms with Crippen molar-refractivity contribution in [2.24, 2.45) is 5.92 Å². The smallest absolute Gasteiger partial charge is 0.337 e.